The van der Waals surface area contributed by atoms with E-state index in [1.807, 2.05) is 0 Å². The second kappa shape index (κ2) is 3.68. The van der Waals surface area contributed by atoms with Crippen LogP contribution in [0.15, 0.2) is 18.3 Å². The highest BCUT2D eigenvalue weighted by Gasteiger charge is 2.13. The van der Waals surface area contributed by atoms with Gasteiger partial charge in [-0.1, -0.05) is 11.6 Å². The molecule has 7 heteroatoms. The van der Waals surface area contributed by atoms with E-state index in [1.165, 1.54) is 12.3 Å². The number of pyridine rings is 1. The Kier molecular flexibility index (Phi) is 3.04. The van der Waals surface area contributed by atoms with E-state index in [-0.39, 0.29) is 10.9 Å². The number of hydrogen-bond acceptors (Lipinski definition) is 3. The summed E-state index contributed by atoms with van der Waals surface area (Å²) in [4.78, 5) is 21.2. The number of rotatable bonds is 2. The van der Waals surface area contributed by atoms with Gasteiger partial charge in [0.1, 0.15) is 5.02 Å². The predicted molar refractivity (Wildman–Crippen MR) is 48.6 cm³/mol. The predicted octanol–water partition coefficient (Wildman–Crippen LogP) is 1.32. The molecule has 0 saturated carbocycles. The van der Waals surface area contributed by atoms with Crippen LogP contribution < -0.4 is 4.52 Å². The maximum absolute atomic E-state index is 8.76. The van der Waals surface area contributed by atoms with E-state index >= 15 is 0 Å². The third kappa shape index (κ3) is 3.05. The minimum atomic E-state index is -3.73. The van der Waals surface area contributed by atoms with Gasteiger partial charge >= 0.3 is 6.72 Å². The summed E-state index contributed by atoms with van der Waals surface area (Å²) in [6, 6.07) is 3.10. The Labute approximate surface area is 79.0 Å². The number of hydrogen-bond donors (Lipinski definition) is 2. The number of nitrogens with zero attached hydrogens (tertiary/aromatic N) is 1. The van der Waals surface area contributed by atoms with Gasteiger partial charge in [0.05, 0.1) is 0 Å². The minimum absolute atomic E-state index is 0.0625. The van der Waals surface area contributed by atoms with E-state index in [2.05, 4.69) is 21.3 Å². The summed E-state index contributed by atoms with van der Waals surface area (Å²) in [5, 5.41) is 0.190. The summed E-state index contributed by atoms with van der Waals surface area (Å²) in [6.45, 7) is -3.73. The van der Waals surface area contributed by atoms with Crippen molar-refractivity contribution in [3.8, 4) is 5.88 Å². The van der Waals surface area contributed by atoms with Gasteiger partial charge in [0.15, 0.2) is 0 Å². The molecular weight excluding hydrogens is 221 g/mol. The van der Waals surface area contributed by atoms with Crippen LogP contribution in [0.25, 0.3) is 0 Å². The van der Waals surface area contributed by atoms with E-state index in [0.29, 0.717) is 0 Å². The lowest BCUT2D eigenvalue weighted by Gasteiger charge is -2.08. The Hall–Kier alpha value is -0.190. The average Bonchev–Trinajstić information content (AvgIpc) is 1.91. The van der Waals surface area contributed by atoms with Crippen molar-refractivity contribution in [2.45, 2.75) is 0 Å². The summed E-state index contributed by atoms with van der Waals surface area (Å²) in [6.07, 6.45) is 1.41. The van der Waals surface area contributed by atoms with E-state index in [0.717, 1.165) is 0 Å². The first-order valence-electron chi connectivity index (χ1n) is 2.85. The van der Waals surface area contributed by atoms with Crippen LogP contribution in [0, 0.1) is 0 Å². The lowest BCUT2D eigenvalue weighted by atomic mass is 10.5. The molecule has 0 atom stereocenters. The number of aromatic nitrogens is 1. The minimum Gasteiger partial charge on any atom is -0.404 e. The van der Waals surface area contributed by atoms with Gasteiger partial charge < -0.3 is 14.3 Å². The van der Waals surface area contributed by atoms with Crippen molar-refractivity contribution in [3.05, 3.63) is 23.4 Å². The molecule has 0 amide bonds. The Morgan fingerprint density at radius 2 is 2.25 bits per heavy atom. The van der Waals surface area contributed by atoms with Crippen molar-refractivity contribution >= 4 is 30.1 Å². The first kappa shape index (κ1) is 9.89. The zero-order chi connectivity index (χ0) is 9.19. The molecule has 2 N–H and O–H groups in total. The first-order chi connectivity index (χ1) is 5.49. The normalized spacial score (nSPS) is 11.2. The number of halogens is 1. The summed E-state index contributed by atoms with van der Waals surface area (Å²) >= 11 is 9.82. The largest absolute Gasteiger partial charge is 0.404 e. The van der Waals surface area contributed by atoms with Crippen LogP contribution in [0.4, 0.5) is 0 Å². The molecule has 12 heavy (non-hydrogen) atoms. The van der Waals surface area contributed by atoms with Crippen molar-refractivity contribution in [1.82, 2.24) is 4.98 Å². The van der Waals surface area contributed by atoms with Gasteiger partial charge in [-0.3, -0.25) is 0 Å². The Bertz CT molecular complexity index is 328. The van der Waals surface area contributed by atoms with Crippen LogP contribution >= 0.6 is 18.3 Å². The smallest absolute Gasteiger partial charge is 0.376 e. The Morgan fingerprint density at radius 1 is 1.58 bits per heavy atom. The van der Waals surface area contributed by atoms with Crippen LogP contribution in [0.1, 0.15) is 0 Å². The molecule has 66 valence electrons. The Morgan fingerprint density at radius 3 is 2.75 bits per heavy atom. The third-order valence-electron chi connectivity index (χ3n) is 0.930. The zero-order valence-electron chi connectivity index (χ0n) is 5.72. The first-order valence-corrected chi connectivity index (χ1v) is 5.85. The van der Waals surface area contributed by atoms with Crippen molar-refractivity contribution in [2.75, 3.05) is 0 Å². The van der Waals surface area contributed by atoms with E-state index in [4.69, 9.17) is 21.4 Å². The summed E-state index contributed by atoms with van der Waals surface area (Å²) in [5.41, 5.74) is 0. The molecule has 0 aliphatic rings. The second-order valence-corrected chi connectivity index (χ2v) is 4.87. The van der Waals surface area contributed by atoms with E-state index < -0.39 is 6.72 Å². The van der Waals surface area contributed by atoms with Gasteiger partial charge in [0.2, 0.25) is 5.88 Å². The zero-order valence-corrected chi connectivity index (χ0v) is 8.18. The molecule has 0 aliphatic heterocycles. The van der Waals surface area contributed by atoms with Crippen LogP contribution in [0.2, 0.25) is 5.02 Å². The van der Waals surface area contributed by atoms with Crippen LogP contribution in [-0.2, 0) is 11.8 Å². The molecule has 0 aliphatic carbocycles. The fourth-order valence-corrected chi connectivity index (χ4v) is 1.35. The summed E-state index contributed by atoms with van der Waals surface area (Å²) in [5.74, 6) is -0.0625. The molecule has 1 aromatic rings. The highest BCUT2D eigenvalue weighted by Crippen LogP contribution is 2.39. The molecule has 0 saturated heterocycles. The molecule has 0 fully saturated rings. The van der Waals surface area contributed by atoms with Gasteiger partial charge in [0, 0.05) is 18.0 Å². The summed E-state index contributed by atoms with van der Waals surface area (Å²) in [7, 11) is 0. The van der Waals surface area contributed by atoms with E-state index in [9.17, 15) is 0 Å². The molecule has 0 bridgehead atoms. The van der Waals surface area contributed by atoms with Gasteiger partial charge in [-0.15, -0.1) is 0 Å². The molecule has 0 aromatic carbocycles. The maximum Gasteiger partial charge on any atom is 0.376 e. The van der Waals surface area contributed by atoms with Crippen molar-refractivity contribution < 1.29 is 14.3 Å². The fourth-order valence-electron chi connectivity index (χ4n) is 0.551. The standard InChI is InChI=1S/C5H5ClNO3PS/c6-4-2-1-3-7-5(4)10-11(8,9)12/h1-3H,(H2,8,9,12). The highest BCUT2D eigenvalue weighted by molar-refractivity contribution is 8.06. The van der Waals surface area contributed by atoms with Gasteiger partial charge in [0.25, 0.3) is 0 Å². The molecule has 0 radical (unpaired) electrons. The van der Waals surface area contributed by atoms with Crippen molar-refractivity contribution in [3.63, 3.8) is 0 Å². The highest BCUT2D eigenvalue weighted by atomic mass is 35.5. The Balaban J connectivity index is 2.90. The third-order valence-corrected chi connectivity index (χ3v) is 1.85. The summed E-state index contributed by atoms with van der Waals surface area (Å²) < 4.78 is 4.53. The quantitative estimate of drug-likeness (QED) is 0.744. The molecule has 0 spiro atoms. The lowest BCUT2D eigenvalue weighted by molar-refractivity contribution is 0.365. The van der Waals surface area contributed by atoms with Crippen LogP contribution in [0.5, 0.6) is 5.88 Å². The van der Waals surface area contributed by atoms with Crippen LogP contribution in [-0.4, -0.2) is 14.8 Å². The maximum atomic E-state index is 8.76. The molecule has 4 nitrogen and oxygen atoms in total. The van der Waals surface area contributed by atoms with E-state index in [1.54, 1.807) is 6.07 Å². The van der Waals surface area contributed by atoms with Gasteiger partial charge in [-0.2, -0.15) is 0 Å². The molecule has 1 aromatic heterocycles. The SMILES string of the molecule is OP(O)(=S)Oc1ncccc1Cl. The van der Waals surface area contributed by atoms with Crippen LogP contribution in [0.3, 0.4) is 0 Å². The molecule has 0 unspecified atom stereocenters. The topological polar surface area (TPSA) is 62.6 Å². The van der Waals surface area contributed by atoms with Crippen molar-refractivity contribution in [1.29, 1.82) is 0 Å². The van der Waals surface area contributed by atoms with Gasteiger partial charge in [-0.05, 0) is 12.1 Å². The monoisotopic (exact) mass is 225 g/mol. The lowest BCUT2D eigenvalue weighted by Crippen LogP contribution is -1.92. The van der Waals surface area contributed by atoms with Gasteiger partial charge in [-0.25, -0.2) is 4.98 Å². The molecular formula is C5H5ClNO3PS. The molecule has 1 heterocycles. The average molecular weight is 226 g/mol. The fraction of sp³-hybridized carbons (Fsp3) is 0. The second-order valence-electron chi connectivity index (χ2n) is 1.87. The molecule has 1 rings (SSSR count). The van der Waals surface area contributed by atoms with Crippen molar-refractivity contribution in [2.24, 2.45) is 0 Å².